The fourth-order valence-corrected chi connectivity index (χ4v) is 1.05. The van der Waals surface area contributed by atoms with Gasteiger partial charge in [0.1, 0.15) is 0 Å². The summed E-state index contributed by atoms with van der Waals surface area (Å²) >= 11 is 0. The van der Waals surface area contributed by atoms with E-state index in [1.165, 1.54) is 0 Å². The molecule has 2 nitrogen and oxygen atoms in total. The fourth-order valence-electron chi connectivity index (χ4n) is 1.05. The number of carboxylic acid groups (broad SMARTS) is 1. The highest BCUT2D eigenvalue weighted by molar-refractivity contribution is 5.67. The molecule has 1 rings (SSSR count). The first kappa shape index (κ1) is 8.78. The third-order valence-corrected chi connectivity index (χ3v) is 1.64. The lowest BCUT2D eigenvalue weighted by molar-refractivity contribution is -0.136. The Bertz CT molecular complexity index is 279. The van der Waals surface area contributed by atoms with E-state index >= 15 is 0 Å². The minimum Gasteiger partial charge on any atom is -0.481 e. The van der Waals surface area contributed by atoms with Crippen molar-refractivity contribution in [2.24, 2.45) is 0 Å². The van der Waals surface area contributed by atoms with Crippen LogP contribution in [0.1, 0.15) is 17.5 Å². The van der Waals surface area contributed by atoms with Gasteiger partial charge in [0.05, 0.1) is 0 Å². The first-order chi connectivity index (χ1) is 5.68. The number of hydrogen-bond donors (Lipinski definition) is 1. The van der Waals surface area contributed by atoms with Crippen LogP contribution in [0.5, 0.6) is 0 Å². The summed E-state index contributed by atoms with van der Waals surface area (Å²) in [4.78, 5) is 10.2. The molecule has 0 aliphatic rings. The molecule has 0 heterocycles. The molecule has 0 aliphatic heterocycles. The Morgan fingerprint density at radius 2 is 2.42 bits per heavy atom. The summed E-state index contributed by atoms with van der Waals surface area (Å²) in [6.45, 7) is 1.95. The monoisotopic (exact) mass is 163 g/mol. The molecular weight excluding hydrogens is 152 g/mol. The van der Waals surface area contributed by atoms with Crippen molar-refractivity contribution < 1.29 is 9.90 Å². The average Bonchev–Trinajstić information content (AvgIpc) is 2.01. The van der Waals surface area contributed by atoms with Crippen LogP contribution >= 0.6 is 0 Å². The fraction of sp³-hybridized carbons (Fsp3) is 0.300. The van der Waals surface area contributed by atoms with Gasteiger partial charge < -0.3 is 5.11 Å². The molecule has 2 heteroatoms. The lowest BCUT2D eigenvalue weighted by Crippen LogP contribution is -1.97. The quantitative estimate of drug-likeness (QED) is 0.737. The number of carboxylic acids is 1. The first-order valence-electron chi connectivity index (χ1n) is 3.87. The molecule has 0 aliphatic carbocycles. The highest BCUT2D eigenvalue weighted by Gasteiger charge is 1.98. The van der Waals surface area contributed by atoms with E-state index in [9.17, 15) is 4.79 Å². The van der Waals surface area contributed by atoms with E-state index in [4.69, 9.17) is 5.11 Å². The number of aryl methyl sites for hydroxylation is 2. The van der Waals surface area contributed by atoms with Gasteiger partial charge in [-0.05, 0) is 30.5 Å². The summed E-state index contributed by atoms with van der Waals surface area (Å²) < 4.78 is 0. The minimum absolute atomic E-state index is 0.198. The first-order valence-corrected chi connectivity index (χ1v) is 3.87. The van der Waals surface area contributed by atoms with Crippen molar-refractivity contribution in [3.8, 4) is 0 Å². The molecule has 0 spiro atoms. The molecule has 1 aromatic rings. The van der Waals surface area contributed by atoms with Crippen LogP contribution in [0.15, 0.2) is 18.2 Å². The Morgan fingerprint density at radius 1 is 1.67 bits per heavy atom. The number of hydrogen-bond acceptors (Lipinski definition) is 1. The van der Waals surface area contributed by atoms with Crippen molar-refractivity contribution in [2.45, 2.75) is 19.8 Å². The third-order valence-electron chi connectivity index (χ3n) is 1.64. The number of carbonyl (C=O) groups is 1. The van der Waals surface area contributed by atoms with E-state index in [1.807, 2.05) is 25.1 Å². The normalized spacial score (nSPS) is 9.75. The molecular formula is C10H11O2. The van der Waals surface area contributed by atoms with Crippen LogP contribution < -0.4 is 0 Å². The van der Waals surface area contributed by atoms with E-state index in [0.29, 0.717) is 6.42 Å². The van der Waals surface area contributed by atoms with Crippen LogP contribution in [0.2, 0.25) is 0 Å². The van der Waals surface area contributed by atoms with Gasteiger partial charge >= 0.3 is 5.97 Å². The van der Waals surface area contributed by atoms with Crippen molar-refractivity contribution in [3.63, 3.8) is 0 Å². The van der Waals surface area contributed by atoms with Crippen molar-refractivity contribution in [1.82, 2.24) is 0 Å². The van der Waals surface area contributed by atoms with Gasteiger partial charge in [0.25, 0.3) is 0 Å². The van der Waals surface area contributed by atoms with Crippen LogP contribution in [0.25, 0.3) is 0 Å². The number of rotatable bonds is 3. The minimum atomic E-state index is -0.750. The molecule has 0 amide bonds. The Hall–Kier alpha value is -1.31. The molecule has 0 bridgehead atoms. The van der Waals surface area contributed by atoms with Crippen LogP contribution in [-0.2, 0) is 11.2 Å². The van der Waals surface area contributed by atoms with E-state index in [2.05, 4.69) is 6.07 Å². The van der Waals surface area contributed by atoms with Gasteiger partial charge in [0.2, 0.25) is 0 Å². The molecule has 1 aromatic carbocycles. The van der Waals surface area contributed by atoms with Gasteiger partial charge in [-0.1, -0.05) is 18.2 Å². The molecule has 0 aromatic heterocycles. The van der Waals surface area contributed by atoms with Crippen molar-refractivity contribution in [1.29, 1.82) is 0 Å². The van der Waals surface area contributed by atoms with Gasteiger partial charge in [-0.2, -0.15) is 0 Å². The second kappa shape index (κ2) is 3.90. The summed E-state index contributed by atoms with van der Waals surface area (Å²) in [6, 6.07) is 8.70. The molecule has 0 saturated heterocycles. The highest BCUT2D eigenvalue weighted by Crippen LogP contribution is 2.05. The van der Waals surface area contributed by atoms with Crippen LogP contribution in [0.4, 0.5) is 0 Å². The molecule has 1 radical (unpaired) electrons. The largest absolute Gasteiger partial charge is 0.481 e. The second-order valence-corrected chi connectivity index (χ2v) is 2.77. The Labute approximate surface area is 71.8 Å². The average molecular weight is 163 g/mol. The van der Waals surface area contributed by atoms with E-state index in [0.717, 1.165) is 11.1 Å². The predicted octanol–water partition coefficient (Wildman–Crippen LogP) is 1.81. The second-order valence-electron chi connectivity index (χ2n) is 2.77. The maximum absolute atomic E-state index is 10.2. The van der Waals surface area contributed by atoms with E-state index < -0.39 is 5.97 Å². The molecule has 0 fully saturated rings. The number of benzene rings is 1. The highest BCUT2D eigenvalue weighted by atomic mass is 16.4. The topological polar surface area (TPSA) is 37.3 Å². The standard InChI is InChI=1S/C10H11O2/c1-8-3-2-4-9(7-8)5-6-10(11)12/h2,4,7H,5-6H2,1H3,(H,11,12). The van der Waals surface area contributed by atoms with Gasteiger partial charge in [-0.15, -0.1) is 0 Å². The Kier molecular flexibility index (Phi) is 2.86. The molecule has 0 atom stereocenters. The van der Waals surface area contributed by atoms with Crippen molar-refractivity contribution in [3.05, 3.63) is 35.4 Å². The predicted molar refractivity (Wildman–Crippen MR) is 46.0 cm³/mol. The lowest BCUT2D eigenvalue weighted by atomic mass is 10.1. The Morgan fingerprint density at radius 3 is 3.00 bits per heavy atom. The molecule has 0 unspecified atom stereocenters. The zero-order chi connectivity index (χ0) is 8.97. The summed E-state index contributed by atoms with van der Waals surface area (Å²) in [5.74, 6) is -0.750. The SMILES string of the molecule is Cc1[c]ccc(CCC(=O)O)c1. The smallest absolute Gasteiger partial charge is 0.303 e. The lowest BCUT2D eigenvalue weighted by Gasteiger charge is -1.98. The summed E-state index contributed by atoms with van der Waals surface area (Å²) in [5.41, 5.74) is 2.12. The van der Waals surface area contributed by atoms with Gasteiger partial charge in [0.15, 0.2) is 0 Å². The summed E-state index contributed by atoms with van der Waals surface area (Å²) in [5, 5.41) is 8.44. The molecule has 0 saturated carbocycles. The van der Waals surface area contributed by atoms with E-state index in [-0.39, 0.29) is 6.42 Å². The molecule has 12 heavy (non-hydrogen) atoms. The van der Waals surface area contributed by atoms with Crippen LogP contribution in [0.3, 0.4) is 0 Å². The van der Waals surface area contributed by atoms with Crippen molar-refractivity contribution >= 4 is 5.97 Å². The Balaban J connectivity index is 2.57. The van der Waals surface area contributed by atoms with Gasteiger partial charge in [0, 0.05) is 6.42 Å². The van der Waals surface area contributed by atoms with Crippen molar-refractivity contribution in [2.75, 3.05) is 0 Å². The molecule has 1 N–H and O–H groups in total. The van der Waals surface area contributed by atoms with E-state index in [1.54, 1.807) is 0 Å². The number of aliphatic carboxylic acids is 1. The maximum Gasteiger partial charge on any atom is 0.303 e. The van der Waals surface area contributed by atoms with Crippen LogP contribution in [-0.4, -0.2) is 11.1 Å². The maximum atomic E-state index is 10.2. The molecule has 63 valence electrons. The zero-order valence-electron chi connectivity index (χ0n) is 7.00. The van der Waals surface area contributed by atoms with Gasteiger partial charge in [-0.25, -0.2) is 0 Å². The zero-order valence-corrected chi connectivity index (χ0v) is 7.00. The summed E-state index contributed by atoms with van der Waals surface area (Å²) in [6.07, 6.45) is 0.800. The summed E-state index contributed by atoms with van der Waals surface area (Å²) in [7, 11) is 0. The third kappa shape index (κ3) is 2.74. The van der Waals surface area contributed by atoms with Crippen LogP contribution in [0, 0.1) is 13.0 Å². The van der Waals surface area contributed by atoms with Gasteiger partial charge in [-0.3, -0.25) is 4.79 Å².